The van der Waals surface area contributed by atoms with Gasteiger partial charge >= 0.3 is 12.3 Å². The second-order valence-corrected chi connectivity index (χ2v) is 7.04. The molecule has 0 aliphatic heterocycles. The van der Waals surface area contributed by atoms with Crippen LogP contribution in [0.2, 0.25) is 0 Å². The minimum absolute atomic E-state index is 0.167. The average Bonchev–Trinajstić information content (AvgIpc) is 2.34. The van der Waals surface area contributed by atoms with Crippen molar-refractivity contribution in [2.45, 2.75) is 52.7 Å². The average molecular weight is 336 g/mol. The van der Waals surface area contributed by atoms with Crippen LogP contribution in [0.1, 0.15) is 47.1 Å². The summed E-state index contributed by atoms with van der Waals surface area (Å²) in [6.45, 7) is 14.0. The Morgan fingerprint density at radius 2 is 1.42 bits per heavy atom. The number of rotatable bonds is 3. The standard InChI is InChI=1S/C18H24O6/c1-8-12-9-10-13(21-15(19)23-17(2,3)4)11-14(12)22-16(20)24-18(5,6)7/h8-11H,1H2,2-7H3. The molecular weight excluding hydrogens is 312 g/mol. The molecule has 1 rings (SSSR count). The maximum atomic E-state index is 11.8. The van der Waals surface area contributed by atoms with Crippen molar-refractivity contribution in [3.63, 3.8) is 0 Å². The van der Waals surface area contributed by atoms with Crippen LogP contribution in [0.15, 0.2) is 24.8 Å². The molecule has 0 aliphatic carbocycles. The second-order valence-electron chi connectivity index (χ2n) is 7.04. The van der Waals surface area contributed by atoms with Crippen LogP contribution in [0.25, 0.3) is 6.08 Å². The zero-order chi connectivity index (χ0) is 18.5. The summed E-state index contributed by atoms with van der Waals surface area (Å²) in [7, 11) is 0. The van der Waals surface area contributed by atoms with E-state index in [1.807, 2.05) is 0 Å². The lowest BCUT2D eigenvalue weighted by Gasteiger charge is -2.20. The van der Waals surface area contributed by atoms with Gasteiger partial charge in [-0.25, -0.2) is 9.59 Å². The van der Waals surface area contributed by atoms with E-state index in [2.05, 4.69) is 6.58 Å². The molecule has 0 N–H and O–H groups in total. The van der Waals surface area contributed by atoms with E-state index in [9.17, 15) is 9.59 Å². The largest absolute Gasteiger partial charge is 0.514 e. The summed E-state index contributed by atoms with van der Waals surface area (Å²) in [6.07, 6.45) is -0.200. The second kappa shape index (κ2) is 7.38. The fourth-order valence-corrected chi connectivity index (χ4v) is 1.56. The Bertz CT molecular complexity index is 619. The van der Waals surface area contributed by atoms with E-state index in [4.69, 9.17) is 18.9 Å². The first-order chi connectivity index (χ1) is 10.9. The lowest BCUT2D eigenvalue weighted by Crippen LogP contribution is -2.26. The van der Waals surface area contributed by atoms with Crippen LogP contribution in [0, 0.1) is 0 Å². The van der Waals surface area contributed by atoms with Crippen LogP contribution in [0.4, 0.5) is 9.59 Å². The Labute approximate surface area is 142 Å². The Balaban J connectivity index is 2.90. The lowest BCUT2D eigenvalue weighted by atomic mass is 10.2. The first kappa shape index (κ1) is 19.5. The van der Waals surface area contributed by atoms with E-state index < -0.39 is 23.5 Å². The maximum Gasteiger partial charge on any atom is 0.514 e. The van der Waals surface area contributed by atoms with Crippen LogP contribution >= 0.6 is 0 Å². The van der Waals surface area contributed by atoms with Crippen LogP contribution in [0.5, 0.6) is 11.5 Å². The van der Waals surface area contributed by atoms with Crippen molar-refractivity contribution in [2.75, 3.05) is 0 Å². The molecule has 0 aromatic heterocycles. The monoisotopic (exact) mass is 336 g/mol. The van der Waals surface area contributed by atoms with Gasteiger partial charge < -0.3 is 18.9 Å². The Morgan fingerprint density at radius 3 is 1.88 bits per heavy atom. The summed E-state index contributed by atoms with van der Waals surface area (Å²) >= 11 is 0. The normalized spacial score (nSPS) is 11.4. The number of hydrogen-bond donors (Lipinski definition) is 0. The molecule has 6 nitrogen and oxygen atoms in total. The van der Waals surface area contributed by atoms with E-state index in [1.54, 1.807) is 53.7 Å². The molecule has 6 heteroatoms. The third kappa shape index (κ3) is 7.17. The van der Waals surface area contributed by atoms with Crippen molar-refractivity contribution in [2.24, 2.45) is 0 Å². The third-order valence-electron chi connectivity index (χ3n) is 2.38. The molecule has 0 radical (unpaired) electrons. The lowest BCUT2D eigenvalue weighted by molar-refractivity contribution is 0.0204. The van der Waals surface area contributed by atoms with Gasteiger partial charge in [-0.3, -0.25) is 0 Å². The molecule has 0 saturated heterocycles. The number of ether oxygens (including phenoxy) is 4. The number of carbonyl (C=O) groups is 2. The number of hydrogen-bond acceptors (Lipinski definition) is 6. The minimum Gasteiger partial charge on any atom is -0.428 e. The van der Waals surface area contributed by atoms with Crippen molar-refractivity contribution in [1.82, 2.24) is 0 Å². The molecule has 1 aromatic carbocycles. The Kier molecular flexibility index (Phi) is 6.01. The minimum atomic E-state index is -0.861. The van der Waals surface area contributed by atoms with Gasteiger partial charge in [-0.2, -0.15) is 0 Å². The zero-order valence-electron chi connectivity index (χ0n) is 15.0. The van der Waals surface area contributed by atoms with Crippen LogP contribution in [-0.4, -0.2) is 23.5 Å². The van der Waals surface area contributed by atoms with Gasteiger partial charge in [0.2, 0.25) is 0 Å². The summed E-state index contributed by atoms with van der Waals surface area (Å²) in [5.74, 6) is 0.341. The van der Waals surface area contributed by atoms with E-state index >= 15 is 0 Å². The molecule has 1 aromatic rings. The van der Waals surface area contributed by atoms with E-state index in [1.165, 1.54) is 12.1 Å². The molecule has 0 heterocycles. The highest BCUT2D eigenvalue weighted by molar-refractivity contribution is 5.70. The fourth-order valence-electron chi connectivity index (χ4n) is 1.56. The topological polar surface area (TPSA) is 71.1 Å². The predicted octanol–water partition coefficient (Wildman–Crippen LogP) is 4.96. The molecule has 0 atom stereocenters. The van der Waals surface area contributed by atoms with Gasteiger partial charge in [0.05, 0.1) is 0 Å². The van der Waals surface area contributed by atoms with Gasteiger partial charge in [0.1, 0.15) is 22.7 Å². The summed E-state index contributed by atoms with van der Waals surface area (Å²) in [6, 6.07) is 4.54. The molecule has 0 bridgehead atoms. The highest BCUT2D eigenvalue weighted by atomic mass is 16.7. The highest BCUT2D eigenvalue weighted by Gasteiger charge is 2.21. The smallest absolute Gasteiger partial charge is 0.428 e. The number of benzene rings is 1. The van der Waals surface area contributed by atoms with Gasteiger partial charge in [-0.1, -0.05) is 12.7 Å². The molecule has 0 aliphatic rings. The first-order valence-corrected chi connectivity index (χ1v) is 7.48. The molecule has 0 unspecified atom stereocenters. The fraction of sp³-hybridized carbons (Fsp3) is 0.444. The van der Waals surface area contributed by atoms with Crippen LogP contribution in [0.3, 0.4) is 0 Å². The summed E-state index contributed by atoms with van der Waals surface area (Å²) in [5.41, 5.74) is -0.804. The molecule has 24 heavy (non-hydrogen) atoms. The van der Waals surface area contributed by atoms with Crippen molar-refractivity contribution < 1.29 is 28.5 Å². The van der Waals surface area contributed by atoms with Gasteiger partial charge in [-0.05, 0) is 53.7 Å². The van der Waals surface area contributed by atoms with Crippen LogP contribution < -0.4 is 9.47 Å². The van der Waals surface area contributed by atoms with Gasteiger partial charge in [-0.15, -0.1) is 0 Å². The van der Waals surface area contributed by atoms with Crippen molar-refractivity contribution >= 4 is 18.4 Å². The van der Waals surface area contributed by atoms with Crippen molar-refractivity contribution in [3.05, 3.63) is 30.3 Å². The Morgan fingerprint density at radius 1 is 0.917 bits per heavy atom. The molecule has 0 fully saturated rings. The summed E-state index contributed by atoms with van der Waals surface area (Å²) in [4.78, 5) is 23.5. The number of carbonyl (C=O) groups excluding carboxylic acids is 2. The summed E-state index contributed by atoms with van der Waals surface area (Å²) < 4.78 is 20.4. The van der Waals surface area contributed by atoms with E-state index in [-0.39, 0.29) is 11.5 Å². The Hall–Kier alpha value is -2.50. The van der Waals surface area contributed by atoms with E-state index in [0.29, 0.717) is 5.56 Å². The quantitative estimate of drug-likeness (QED) is 0.574. The van der Waals surface area contributed by atoms with Gasteiger partial charge in [0.25, 0.3) is 0 Å². The van der Waals surface area contributed by atoms with E-state index in [0.717, 1.165) is 0 Å². The van der Waals surface area contributed by atoms with Crippen molar-refractivity contribution in [3.8, 4) is 11.5 Å². The molecule has 132 valence electrons. The van der Waals surface area contributed by atoms with Gasteiger partial charge in [0.15, 0.2) is 0 Å². The first-order valence-electron chi connectivity index (χ1n) is 7.48. The highest BCUT2D eigenvalue weighted by Crippen LogP contribution is 2.27. The zero-order valence-corrected chi connectivity index (χ0v) is 15.0. The van der Waals surface area contributed by atoms with Crippen LogP contribution in [-0.2, 0) is 9.47 Å². The molecule has 0 amide bonds. The molecule has 0 spiro atoms. The third-order valence-corrected chi connectivity index (χ3v) is 2.38. The molecule has 0 saturated carbocycles. The summed E-state index contributed by atoms with van der Waals surface area (Å²) in [5, 5.41) is 0. The SMILES string of the molecule is C=Cc1ccc(OC(=O)OC(C)(C)C)cc1OC(=O)OC(C)(C)C. The molecular formula is C18H24O6. The predicted molar refractivity (Wildman–Crippen MR) is 90.3 cm³/mol. The maximum absolute atomic E-state index is 11.8. The van der Waals surface area contributed by atoms with Crippen molar-refractivity contribution in [1.29, 1.82) is 0 Å². The van der Waals surface area contributed by atoms with Gasteiger partial charge in [0, 0.05) is 11.6 Å².